The lowest BCUT2D eigenvalue weighted by Crippen LogP contribution is -2.31. The molecule has 1 aromatic heterocycles. The van der Waals surface area contributed by atoms with Gasteiger partial charge in [0.2, 0.25) is 0 Å². The van der Waals surface area contributed by atoms with Crippen molar-refractivity contribution in [3.05, 3.63) is 46.5 Å². The van der Waals surface area contributed by atoms with Gasteiger partial charge in [0.25, 0.3) is 0 Å². The number of benzene rings is 1. The van der Waals surface area contributed by atoms with Crippen LogP contribution in [0.3, 0.4) is 0 Å². The fourth-order valence-corrected chi connectivity index (χ4v) is 3.98. The molecule has 1 aromatic carbocycles. The van der Waals surface area contributed by atoms with E-state index in [2.05, 4.69) is 66.1 Å². The molecular formula is C16H22N4S. The summed E-state index contributed by atoms with van der Waals surface area (Å²) in [5.41, 5.74) is 5.47. The van der Waals surface area contributed by atoms with E-state index in [1.54, 1.807) is 0 Å². The van der Waals surface area contributed by atoms with Gasteiger partial charge in [-0.15, -0.1) is 5.10 Å². The van der Waals surface area contributed by atoms with Crippen LogP contribution in [0.15, 0.2) is 30.3 Å². The summed E-state index contributed by atoms with van der Waals surface area (Å²) in [6.45, 7) is 6.51. The summed E-state index contributed by atoms with van der Waals surface area (Å²) in [6, 6.07) is 10.8. The van der Waals surface area contributed by atoms with Crippen LogP contribution in [0.25, 0.3) is 0 Å². The molecule has 4 nitrogen and oxygen atoms in total. The first-order valence-corrected chi connectivity index (χ1v) is 8.13. The number of nitrogens with one attached hydrogen (secondary N) is 1. The lowest BCUT2D eigenvalue weighted by Gasteiger charge is -2.21. The molecule has 21 heavy (non-hydrogen) atoms. The first kappa shape index (κ1) is 14.6. The van der Waals surface area contributed by atoms with Crippen molar-refractivity contribution >= 4 is 11.5 Å². The monoisotopic (exact) mass is 302 g/mol. The number of hydrogen-bond acceptors (Lipinski definition) is 5. The summed E-state index contributed by atoms with van der Waals surface area (Å²) in [6.07, 6.45) is 1.17. The van der Waals surface area contributed by atoms with Gasteiger partial charge in [-0.25, -0.2) is 0 Å². The summed E-state index contributed by atoms with van der Waals surface area (Å²) in [4.78, 5) is 1.19. The molecule has 0 amide bonds. The van der Waals surface area contributed by atoms with Crippen LogP contribution in [-0.4, -0.2) is 9.59 Å². The van der Waals surface area contributed by atoms with Crippen molar-refractivity contribution in [3.8, 4) is 0 Å². The summed E-state index contributed by atoms with van der Waals surface area (Å²) < 4.78 is 4.16. The van der Waals surface area contributed by atoms with E-state index < -0.39 is 0 Å². The third-order valence-corrected chi connectivity index (χ3v) is 4.99. The zero-order valence-electron chi connectivity index (χ0n) is 12.7. The van der Waals surface area contributed by atoms with Crippen molar-refractivity contribution in [1.82, 2.24) is 15.0 Å². The Labute approximate surface area is 129 Å². The molecular weight excluding hydrogens is 280 g/mol. The molecule has 3 rings (SSSR count). The Bertz CT molecular complexity index is 602. The van der Waals surface area contributed by atoms with Gasteiger partial charge < -0.3 is 0 Å². The third-order valence-electron chi connectivity index (χ3n) is 4.18. The highest BCUT2D eigenvalue weighted by molar-refractivity contribution is 7.05. The summed E-state index contributed by atoms with van der Waals surface area (Å²) in [5, 5.41) is 4.34. The topological polar surface area (TPSA) is 63.8 Å². The van der Waals surface area contributed by atoms with Gasteiger partial charge in [0, 0.05) is 5.41 Å². The lowest BCUT2D eigenvalue weighted by atomic mass is 9.89. The zero-order valence-corrected chi connectivity index (χ0v) is 13.5. The standard InChI is InChI=1S/C16H22N4S/c1-16(2,3)15-14(21-20-19-15)13(18-17)12-9-11(12)10-7-5-4-6-8-10/h4-8,11-13,18H,9,17H2,1-3H3. The molecule has 0 aliphatic heterocycles. The maximum absolute atomic E-state index is 5.86. The van der Waals surface area contributed by atoms with Gasteiger partial charge >= 0.3 is 0 Å². The zero-order chi connectivity index (χ0) is 15.0. The first-order valence-electron chi connectivity index (χ1n) is 7.36. The van der Waals surface area contributed by atoms with E-state index in [4.69, 9.17) is 5.84 Å². The molecule has 0 saturated heterocycles. The molecule has 3 N–H and O–H groups in total. The van der Waals surface area contributed by atoms with Gasteiger partial charge in [-0.05, 0) is 35.4 Å². The Morgan fingerprint density at radius 2 is 2.00 bits per heavy atom. The van der Waals surface area contributed by atoms with Crippen LogP contribution in [0.1, 0.15) is 55.3 Å². The highest BCUT2D eigenvalue weighted by Crippen LogP contribution is 2.55. The lowest BCUT2D eigenvalue weighted by molar-refractivity contribution is 0.473. The SMILES string of the molecule is CC(C)(C)c1nnsc1C(NN)C1CC1c1ccccc1. The minimum absolute atomic E-state index is 0.00539. The molecule has 1 saturated carbocycles. The van der Waals surface area contributed by atoms with Gasteiger partial charge in [-0.3, -0.25) is 11.3 Å². The molecule has 1 aliphatic rings. The molecule has 0 spiro atoms. The number of hydrogen-bond donors (Lipinski definition) is 2. The van der Waals surface area contributed by atoms with Crippen LogP contribution < -0.4 is 11.3 Å². The van der Waals surface area contributed by atoms with Crippen molar-refractivity contribution in [2.24, 2.45) is 11.8 Å². The number of nitrogens with zero attached hydrogens (tertiary/aromatic N) is 2. The van der Waals surface area contributed by atoms with Crippen molar-refractivity contribution in [3.63, 3.8) is 0 Å². The van der Waals surface area contributed by atoms with Gasteiger partial charge in [0.15, 0.2) is 0 Å². The summed E-state index contributed by atoms with van der Waals surface area (Å²) in [5.74, 6) is 6.97. The first-order chi connectivity index (χ1) is 10.0. The maximum Gasteiger partial charge on any atom is 0.0857 e. The molecule has 3 atom stereocenters. The normalized spacial score (nSPS) is 23.0. The van der Waals surface area contributed by atoms with Gasteiger partial charge in [-0.1, -0.05) is 55.6 Å². The van der Waals surface area contributed by atoms with E-state index in [0.717, 1.165) is 5.69 Å². The van der Waals surface area contributed by atoms with Crippen LogP contribution in [0.2, 0.25) is 0 Å². The second-order valence-corrected chi connectivity index (χ2v) is 7.58. The van der Waals surface area contributed by atoms with Crippen LogP contribution in [0.5, 0.6) is 0 Å². The highest BCUT2D eigenvalue weighted by atomic mass is 32.1. The molecule has 112 valence electrons. The molecule has 3 unspecified atom stereocenters. The number of rotatable bonds is 4. The fourth-order valence-electron chi connectivity index (χ4n) is 2.98. The minimum atomic E-state index is -0.00539. The summed E-state index contributed by atoms with van der Waals surface area (Å²) >= 11 is 1.47. The van der Waals surface area contributed by atoms with Crippen molar-refractivity contribution in [1.29, 1.82) is 0 Å². The van der Waals surface area contributed by atoms with E-state index in [1.807, 2.05) is 0 Å². The van der Waals surface area contributed by atoms with E-state index in [1.165, 1.54) is 28.4 Å². The Morgan fingerprint density at radius 1 is 1.29 bits per heavy atom. The highest BCUT2D eigenvalue weighted by Gasteiger charge is 2.46. The molecule has 1 heterocycles. The Kier molecular flexibility index (Phi) is 3.82. The third kappa shape index (κ3) is 2.86. The van der Waals surface area contributed by atoms with E-state index in [9.17, 15) is 0 Å². The van der Waals surface area contributed by atoms with Gasteiger partial charge in [0.05, 0.1) is 16.6 Å². The minimum Gasteiger partial charge on any atom is -0.271 e. The quantitative estimate of drug-likeness (QED) is 0.673. The molecule has 0 bridgehead atoms. The Hall–Kier alpha value is -1.30. The molecule has 2 aromatic rings. The molecule has 1 aliphatic carbocycles. The van der Waals surface area contributed by atoms with Crippen molar-refractivity contribution in [2.45, 2.75) is 44.6 Å². The second-order valence-electron chi connectivity index (χ2n) is 6.80. The van der Waals surface area contributed by atoms with E-state index in [-0.39, 0.29) is 11.5 Å². The Balaban J connectivity index is 1.84. The van der Waals surface area contributed by atoms with Gasteiger partial charge in [0.1, 0.15) is 0 Å². The van der Waals surface area contributed by atoms with E-state index >= 15 is 0 Å². The predicted octanol–water partition coefficient (Wildman–Crippen LogP) is 3.14. The van der Waals surface area contributed by atoms with Crippen molar-refractivity contribution in [2.75, 3.05) is 0 Å². The second kappa shape index (κ2) is 5.48. The maximum atomic E-state index is 5.86. The average molecular weight is 302 g/mol. The van der Waals surface area contributed by atoms with Crippen LogP contribution >= 0.6 is 11.5 Å². The van der Waals surface area contributed by atoms with Crippen LogP contribution in [-0.2, 0) is 5.41 Å². The number of nitrogens with two attached hydrogens (primary N) is 1. The Morgan fingerprint density at radius 3 is 2.62 bits per heavy atom. The number of aromatic nitrogens is 2. The smallest absolute Gasteiger partial charge is 0.0857 e. The van der Waals surface area contributed by atoms with Crippen LogP contribution in [0, 0.1) is 5.92 Å². The molecule has 0 radical (unpaired) electrons. The van der Waals surface area contributed by atoms with Gasteiger partial charge in [-0.2, -0.15) is 0 Å². The molecule has 1 fully saturated rings. The average Bonchev–Trinajstić information content (AvgIpc) is 3.07. The van der Waals surface area contributed by atoms with Crippen LogP contribution in [0.4, 0.5) is 0 Å². The predicted molar refractivity (Wildman–Crippen MR) is 86.0 cm³/mol. The molecule has 5 heteroatoms. The van der Waals surface area contributed by atoms with E-state index in [0.29, 0.717) is 11.8 Å². The summed E-state index contributed by atoms with van der Waals surface area (Å²) in [7, 11) is 0. The fraction of sp³-hybridized carbons (Fsp3) is 0.500. The largest absolute Gasteiger partial charge is 0.271 e. The number of hydrazine groups is 1. The van der Waals surface area contributed by atoms with Crippen molar-refractivity contribution < 1.29 is 0 Å².